The Hall–Kier alpha value is -1.86. The minimum atomic E-state index is -0.0632. The van der Waals surface area contributed by atoms with Crippen LogP contribution in [-0.2, 0) is 11.2 Å². The highest BCUT2D eigenvalue weighted by molar-refractivity contribution is 5.92. The molecule has 0 fully saturated rings. The van der Waals surface area contributed by atoms with Gasteiger partial charge in [0.2, 0.25) is 5.91 Å². The van der Waals surface area contributed by atoms with E-state index in [4.69, 9.17) is 5.26 Å². The van der Waals surface area contributed by atoms with Crippen molar-refractivity contribution >= 4 is 11.6 Å². The van der Waals surface area contributed by atoms with Crippen LogP contribution in [0.1, 0.15) is 19.4 Å². The minimum absolute atomic E-state index is 0.0632. The molecule has 0 spiro atoms. The van der Waals surface area contributed by atoms with E-state index >= 15 is 0 Å². The third-order valence-corrected chi connectivity index (χ3v) is 2.19. The average molecular weight is 231 g/mol. The second-order valence-corrected chi connectivity index (χ2v) is 4.12. The average Bonchev–Trinajstić information content (AvgIpc) is 2.29. The highest BCUT2D eigenvalue weighted by Gasteiger charge is 2.02. The smallest absolute Gasteiger partial charge is 0.238 e. The molecule has 2 N–H and O–H groups in total. The van der Waals surface area contributed by atoms with E-state index in [0.29, 0.717) is 19.0 Å². The Balaban J connectivity index is 2.46. The van der Waals surface area contributed by atoms with Gasteiger partial charge in [-0.25, -0.2) is 0 Å². The summed E-state index contributed by atoms with van der Waals surface area (Å²) in [5.74, 6) is -0.0632. The van der Waals surface area contributed by atoms with E-state index in [1.54, 1.807) is 12.1 Å². The van der Waals surface area contributed by atoms with Crippen LogP contribution in [0, 0.1) is 11.3 Å². The maximum atomic E-state index is 11.5. The van der Waals surface area contributed by atoms with Crippen LogP contribution in [0.5, 0.6) is 0 Å². The van der Waals surface area contributed by atoms with Crippen molar-refractivity contribution in [3.8, 4) is 6.07 Å². The second-order valence-electron chi connectivity index (χ2n) is 4.12. The predicted octanol–water partition coefficient (Wildman–Crippen LogP) is 1.69. The van der Waals surface area contributed by atoms with Gasteiger partial charge in [0.05, 0.1) is 19.0 Å². The van der Waals surface area contributed by atoms with Crippen LogP contribution in [-0.4, -0.2) is 18.5 Å². The zero-order valence-corrected chi connectivity index (χ0v) is 10.2. The molecule has 1 aromatic carbocycles. The number of nitrogens with zero attached hydrogens (tertiary/aromatic N) is 1. The Labute approximate surface area is 102 Å². The predicted molar refractivity (Wildman–Crippen MR) is 67.5 cm³/mol. The molecule has 1 amide bonds. The van der Waals surface area contributed by atoms with Gasteiger partial charge in [-0.15, -0.1) is 0 Å². The Kier molecular flexibility index (Phi) is 5.18. The van der Waals surface area contributed by atoms with Crippen LogP contribution in [0.25, 0.3) is 0 Å². The van der Waals surface area contributed by atoms with Crippen LogP contribution in [0.15, 0.2) is 24.3 Å². The maximum Gasteiger partial charge on any atom is 0.238 e. The topological polar surface area (TPSA) is 64.9 Å². The van der Waals surface area contributed by atoms with Crippen molar-refractivity contribution in [2.75, 3.05) is 11.9 Å². The first-order valence-electron chi connectivity index (χ1n) is 5.61. The Bertz CT molecular complexity index is 404. The molecule has 0 aliphatic carbocycles. The summed E-state index contributed by atoms with van der Waals surface area (Å²) in [4.78, 5) is 11.5. The van der Waals surface area contributed by atoms with Gasteiger partial charge in [-0.2, -0.15) is 5.26 Å². The van der Waals surface area contributed by atoms with Gasteiger partial charge < -0.3 is 10.6 Å². The van der Waals surface area contributed by atoms with Crippen LogP contribution in [0.4, 0.5) is 5.69 Å². The molecule has 1 rings (SSSR count). The van der Waals surface area contributed by atoms with E-state index in [-0.39, 0.29) is 5.91 Å². The molecule has 4 heteroatoms. The van der Waals surface area contributed by atoms with Crippen molar-refractivity contribution < 1.29 is 4.79 Å². The Morgan fingerprint density at radius 2 is 2.00 bits per heavy atom. The zero-order chi connectivity index (χ0) is 12.7. The molecule has 0 aliphatic rings. The summed E-state index contributed by atoms with van der Waals surface area (Å²) in [6.07, 6.45) is 0.392. The molecule has 0 atom stereocenters. The summed E-state index contributed by atoms with van der Waals surface area (Å²) in [6.45, 7) is 4.28. The molecule has 0 aromatic heterocycles. The number of nitrogens with one attached hydrogen (secondary N) is 2. The Morgan fingerprint density at radius 1 is 1.35 bits per heavy atom. The SMILES string of the molecule is CC(C)NCC(=O)Nc1ccc(CC#N)cc1. The molecule has 1 aromatic rings. The Morgan fingerprint density at radius 3 is 2.53 bits per heavy atom. The summed E-state index contributed by atoms with van der Waals surface area (Å²) < 4.78 is 0. The summed E-state index contributed by atoms with van der Waals surface area (Å²) in [6, 6.07) is 9.67. The first kappa shape index (κ1) is 13.2. The summed E-state index contributed by atoms with van der Waals surface area (Å²) >= 11 is 0. The standard InChI is InChI=1S/C13H17N3O/c1-10(2)15-9-13(17)16-12-5-3-11(4-6-12)7-8-14/h3-6,10,15H,7,9H2,1-2H3,(H,16,17). The van der Waals surface area contributed by atoms with Gasteiger partial charge >= 0.3 is 0 Å². The first-order chi connectivity index (χ1) is 8.11. The zero-order valence-electron chi connectivity index (χ0n) is 10.2. The molecular weight excluding hydrogens is 214 g/mol. The minimum Gasteiger partial charge on any atom is -0.325 e. The number of hydrogen-bond acceptors (Lipinski definition) is 3. The van der Waals surface area contributed by atoms with Gasteiger partial charge in [0.1, 0.15) is 0 Å². The van der Waals surface area contributed by atoms with E-state index in [9.17, 15) is 4.79 Å². The number of rotatable bonds is 5. The fraction of sp³-hybridized carbons (Fsp3) is 0.385. The number of nitriles is 1. The molecule has 0 bridgehead atoms. The van der Waals surface area contributed by atoms with E-state index < -0.39 is 0 Å². The maximum absolute atomic E-state index is 11.5. The third kappa shape index (κ3) is 5.14. The number of carbonyl (C=O) groups is 1. The largest absolute Gasteiger partial charge is 0.325 e. The quantitative estimate of drug-likeness (QED) is 0.810. The van der Waals surface area contributed by atoms with Gasteiger partial charge in [-0.1, -0.05) is 26.0 Å². The molecule has 0 saturated carbocycles. The van der Waals surface area contributed by atoms with E-state index in [2.05, 4.69) is 16.7 Å². The molecule has 90 valence electrons. The molecule has 0 saturated heterocycles. The number of carbonyl (C=O) groups excluding carboxylic acids is 1. The van der Waals surface area contributed by atoms with Gasteiger partial charge in [0.25, 0.3) is 0 Å². The van der Waals surface area contributed by atoms with E-state index in [1.807, 2.05) is 26.0 Å². The molecule has 0 unspecified atom stereocenters. The number of benzene rings is 1. The van der Waals surface area contributed by atoms with Crippen molar-refractivity contribution in [3.05, 3.63) is 29.8 Å². The monoisotopic (exact) mass is 231 g/mol. The summed E-state index contributed by atoms with van der Waals surface area (Å²) in [5, 5.41) is 14.4. The lowest BCUT2D eigenvalue weighted by Crippen LogP contribution is -2.32. The van der Waals surface area contributed by atoms with Crippen molar-refractivity contribution in [3.63, 3.8) is 0 Å². The molecule has 17 heavy (non-hydrogen) atoms. The van der Waals surface area contributed by atoms with Crippen LogP contribution in [0.2, 0.25) is 0 Å². The van der Waals surface area contributed by atoms with Crippen molar-refractivity contribution in [2.45, 2.75) is 26.3 Å². The molecule has 0 aliphatic heterocycles. The van der Waals surface area contributed by atoms with Crippen molar-refractivity contribution in [1.29, 1.82) is 5.26 Å². The molecule has 4 nitrogen and oxygen atoms in total. The number of amides is 1. The van der Waals surface area contributed by atoms with Gasteiger partial charge in [-0.05, 0) is 17.7 Å². The van der Waals surface area contributed by atoms with E-state index in [0.717, 1.165) is 11.3 Å². The number of hydrogen-bond donors (Lipinski definition) is 2. The van der Waals surface area contributed by atoms with Gasteiger partial charge in [0.15, 0.2) is 0 Å². The summed E-state index contributed by atoms with van der Waals surface area (Å²) in [5.41, 5.74) is 1.70. The molecular formula is C13H17N3O. The molecule has 0 heterocycles. The highest BCUT2D eigenvalue weighted by atomic mass is 16.1. The highest BCUT2D eigenvalue weighted by Crippen LogP contribution is 2.09. The lowest BCUT2D eigenvalue weighted by atomic mass is 10.1. The third-order valence-electron chi connectivity index (χ3n) is 2.19. The normalized spacial score (nSPS) is 10.0. The van der Waals surface area contributed by atoms with Gasteiger partial charge in [-0.3, -0.25) is 4.79 Å². The van der Waals surface area contributed by atoms with Crippen LogP contribution < -0.4 is 10.6 Å². The lowest BCUT2D eigenvalue weighted by Gasteiger charge is -2.09. The lowest BCUT2D eigenvalue weighted by molar-refractivity contribution is -0.115. The summed E-state index contributed by atoms with van der Waals surface area (Å²) in [7, 11) is 0. The van der Waals surface area contributed by atoms with Crippen molar-refractivity contribution in [1.82, 2.24) is 5.32 Å². The fourth-order valence-corrected chi connectivity index (χ4v) is 1.30. The van der Waals surface area contributed by atoms with Gasteiger partial charge in [0, 0.05) is 11.7 Å². The number of anilines is 1. The molecule has 0 radical (unpaired) electrons. The second kappa shape index (κ2) is 6.66. The van der Waals surface area contributed by atoms with Crippen molar-refractivity contribution in [2.24, 2.45) is 0 Å². The van der Waals surface area contributed by atoms with Crippen LogP contribution >= 0.6 is 0 Å². The van der Waals surface area contributed by atoms with Crippen LogP contribution in [0.3, 0.4) is 0 Å². The first-order valence-corrected chi connectivity index (χ1v) is 5.61. The fourth-order valence-electron chi connectivity index (χ4n) is 1.30. The van der Waals surface area contributed by atoms with E-state index in [1.165, 1.54) is 0 Å².